The monoisotopic (exact) mass is 272 g/mol. The number of carbonyl (C=O) groups is 1. The molecule has 104 valence electrons. The number of unbranched alkanes of at least 4 members (excludes halogenated alkanes) is 1. The van der Waals surface area contributed by atoms with Crippen LogP contribution in [0, 0.1) is 11.5 Å². The topological polar surface area (TPSA) is 71.3 Å². The van der Waals surface area contributed by atoms with Gasteiger partial charge in [0.25, 0.3) is 6.26 Å². The first-order valence-electron chi connectivity index (χ1n) is 6.37. The van der Waals surface area contributed by atoms with Gasteiger partial charge in [-0.05, 0) is 38.4 Å². The van der Waals surface area contributed by atoms with E-state index in [0.29, 0.717) is 6.61 Å². The van der Waals surface area contributed by atoms with Crippen molar-refractivity contribution in [3.63, 3.8) is 0 Å². The Kier molecular flexibility index (Phi) is 9.33. The van der Waals surface area contributed by atoms with Crippen LogP contribution in [0.4, 0.5) is 0 Å². The van der Waals surface area contributed by atoms with E-state index in [0.717, 1.165) is 38.5 Å². The molecule has 0 radical (unpaired) electrons. The predicted molar refractivity (Wildman–Crippen MR) is 72.3 cm³/mol. The van der Waals surface area contributed by atoms with E-state index in [1.807, 2.05) is 0 Å². The van der Waals surface area contributed by atoms with Crippen LogP contribution in [-0.4, -0.2) is 34.0 Å². The van der Waals surface area contributed by atoms with Crippen molar-refractivity contribution < 1.29 is 14.0 Å². The van der Waals surface area contributed by atoms with Crippen molar-refractivity contribution in [1.29, 1.82) is 5.26 Å². The molecule has 0 saturated heterocycles. The van der Waals surface area contributed by atoms with Crippen LogP contribution in [0.1, 0.15) is 26.2 Å². The Morgan fingerprint density at radius 2 is 2.00 bits per heavy atom. The Labute approximate surface area is 111 Å². The number of nitriles is 1. The molecule has 1 N–H and O–H groups in total. The van der Waals surface area contributed by atoms with Crippen molar-refractivity contribution in [2.75, 3.05) is 19.8 Å². The van der Waals surface area contributed by atoms with Gasteiger partial charge in [0, 0.05) is 20.1 Å². The maximum Gasteiger partial charge on any atom is 0.286 e. The molecule has 6 heteroatoms. The zero-order chi connectivity index (χ0) is 13.9. The molecule has 0 aliphatic heterocycles. The van der Waals surface area contributed by atoms with Gasteiger partial charge in [0.15, 0.2) is 8.32 Å². The predicted octanol–water partition coefficient (Wildman–Crippen LogP) is 2.01. The summed E-state index contributed by atoms with van der Waals surface area (Å²) in [6, 6.07) is 1.00. The van der Waals surface area contributed by atoms with Crippen LogP contribution in [0.2, 0.25) is 19.1 Å². The maximum absolute atomic E-state index is 10.6. The standard InChI is InChI=1S/C12H24N2O3Si/c1-12(15)14-7-4-5-9-17-18(2,3)10-6-8-16-11-13/h4-10H2,1-3H3,(H,14,15). The second-order valence-corrected chi connectivity index (χ2v) is 9.15. The lowest BCUT2D eigenvalue weighted by molar-refractivity contribution is -0.118. The van der Waals surface area contributed by atoms with Gasteiger partial charge < -0.3 is 14.5 Å². The van der Waals surface area contributed by atoms with Crippen molar-refractivity contribution in [2.45, 2.75) is 45.3 Å². The molecule has 0 aliphatic carbocycles. The van der Waals surface area contributed by atoms with Gasteiger partial charge in [-0.15, -0.1) is 0 Å². The Morgan fingerprint density at radius 3 is 2.61 bits per heavy atom. The van der Waals surface area contributed by atoms with Gasteiger partial charge in [-0.1, -0.05) is 0 Å². The smallest absolute Gasteiger partial charge is 0.286 e. The number of hydrogen-bond donors (Lipinski definition) is 1. The third kappa shape index (κ3) is 11.4. The minimum atomic E-state index is -1.61. The number of carbonyl (C=O) groups excluding carboxylic acids is 1. The van der Waals surface area contributed by atoms with Gasteiger partial charge in [0.2, 0.25) is 5.91 Å². The first-order valence-corrected chi connectivity index (χ1v) is 9.49. The molecule has 0 aromatic rings. The molecule has 18 heavy (non-hydrogen) atoms. The molecule has 1 amide bonds. The van der Waals surface area contributed by atoms with Crippen LogP contribution in [0.5, 0.6) is 0 Å². The molecule has 0 aliphatic rings. The average molecular weight is 272 g/mol. The van der Waals surface area contributed by atoms with Crippen molar-refractivity contribution in [3.05, 3.63) is 0 Å². The Hall–Kier alpha value is -1.06. The van der Waals surface area contributed by atoms with Gasteiger partial charge in [-0.3, -0.25) is 4.79 Å². The summed E-state index contributed by atoms with van der Waals surface area (Å²) in [6.45, 7) is 7.82. The fraction of sp³-hybridized carbons (Fsp3) is 0.833. The highest BCUT2D eigenvalue weighted by Gasteiger charge is 2.21. The third-order valence-electron chi connectivity index (χ3n) is 2.53. The summed E-state index contributed by atoms with van der Waals surface area (Å²) < 4.78 is 10.5. The number of amides is 1. The fourth-order valence-corrected chi connectivity index (χ4v) is 3.36. The quantitative estimate of drug-likeness (QED) is 0.375. The number of rotatable bonds is 10. The summed E-state index contributed by atoms with van der Waals surface area (Å²) >= 11 is 0. The maximum atomic E-state index is 10.6. The van der Waals surface area contributed by atoms with Gasteiger partial charge in [-0.2, -0.15) is 5.26 Å². The van der Waals surface area contributed by atoms with Crippen LogP contribution < -0.4 is 5.32 Å². The van der Waals surface area contributed by atoms with E-state index in [1.165, 1.54) is 6.92 Å². The SMILES string of the molecule is CC(=O)NCCCCO[Si](C)(C)CCCOC#N. The highest BCUT2D eigenvalue weighted by molar-refractivity contribution is 6.71. The molecule has 0 atom stereocenters. The minimum absolute atomic E-state index is 0.0168. The summed E-state index contributed by atoms with van der Waals surface area (Å²) in [4.78, 5) is 10.6. The van der Waals surface area contributed by atoms with Crippen molar-refractivity contribution in [3.8, 4) is 6.26 Å². The molecule has 0 saturated carbocycles. The van der Waals surface area contributed by atoms with Crippen LogP contribution in [0.25, 0.3) is 0 Å². The normalized spacial score (nSPS) is 10.8. The zero-order valence-corrected chi connectivity index (χ0v) is 12.6. The first kappa shape index (κ1) is 16.9. The van der Waals surface area contributed by atoms with Crippen LogP contribution in [0.3, 0.4) is 0 Å². The number of nitrogens with one attached hydrogen (secondary N) is 1. The van der Waals surface area contributed by atoms with Gasteiger partial charge in [-0.25, -0.2) is 0 Å². The third-order valence-corrected chi connectivity index (χ3v) is 5.07. The van der Waals surface area contributed by atoms with Crippen molar-refractivity contribution in [2.24, 2.45) is 0 Å². The van der Waals surface area contributed by atoms with Gasteiger partial charge >= 0.3 is 0 Å². The number of hydrogen-bond acceptors (Lipinski definition) is 4. The highest BCUT2D eigenvalue weighted by atomic mass is 28.4. The molecular formula is C12H24N2O3Si. The summed E-state index contributed by atoms with van der Waals surface area (Å²) in [5.74, 6) is 0.0168. The molecule has 0 aromatic heterocycles. The van der Waals surface area contributed by atoms with Crippen molar-refractivity contribution >= 4 is 14.2 Å². The largest absolute Gasteiger partial charge is 0.428 e. The Balaban J connectivity index is 3.46. The van der Waals surface area contributed by atoms with E-state index < -0.39 is 8.32 Å². The van der Waals surface area contributed by atoms with E-state index in [2.05, 4.69) is 23.1 Å². The fourth-order valence-electron chi connectivity index (χ4n) is 1.53. The molecule has 0 unspecified atom stereocenters. The Bertz CT molecular complexity index is 277. The lowest BCUT2D eigenvalue weighted by atomic mass is 10.3. The number of ether oxygens (including phenoxy) is 1. The molecule has 0 spiro atoms. The molecule has 0 heterocycles. The van der Waals surface area contributed by atoms with Gasteiger partial charge in [0.1, 0.15) is 6.61 Å². The molecule has 0 aromatic carbocycles. The van der Waals surface area contributed by atoms with Crippen LogP contribution in [0.15, 0.2) is 0 Å². The van der Waals surface area contributed by atoms with E-state index in [1.54, 1.807) is 6.26 Å². The van der Waals surface area contributed by atoms with E-state index >= 15 is 0 Å². The van der Waals surface area contributed by atoms with E-state index in [9.17, 15) is 4.79 Å². The average Bonchev–Trinajstić information content (AvgIpc) is 2.29. The van der Waals surface area contributed by atoms with Crippen LogP contribution >= 0.6 is 0 Å². The second kappa shape index (κ2) is 9.92. The van der Waals surface area contributed by atoms with Crippen LogP contribution in [-0.2, 0) is 14.0 Å². The first-order chi connectivity index (χ1) is 8.48. The second-order valence-electron chi connectivity index (χ2n) is 4.84. The minimum Gasteiger partial charge on any atom is -0.428 e. The van der Waals surface area contributed by atoms with Gasteiger partial charge in [0.05, 0.1) is 0 Å². The molecule has 0 rings (SSSR count). The summed E-state index contributed by atoms with van der Waals surface area (Å²) in [5, 5.41) is 11.0. The lowest BCUT2D eigenvalue weighted by Gasteiger charge is -2.22. The lowest BCUT2D eigenvalue weighted by Crippen LogP contribution is -2.31. The zero-order valence-electron chi connectivity index (χ0n) is 11.6. The molecule has 0 bridgehead atoms. The molecule has 0 fully saturated rings. The summed E-state index contributed by atoms with van der Waals surface area (Å²) in [7, 11) is -1.61. The summed E-state index contributed by atoms with van der Waals surface area (Å²) in [5.41, 5.74) is 0. The number of nitrogens with zero attached hydrogens (tertiary/aromatic N) is 1. The highest BCUT2D eigenvalue weighted by Crippen LogP contribution is 2.14. The van der Waals surface area contributed by atoms with E-state index in [-0.39, 0.29) is 5.91 Å². The Morgan fingerprint density at radius 1 is 1.28 bits per heavy atom. The molecular weight excluding hydrogens is 248 g/mol. The molecule has 5 nitrogen and oxygen atoms in total. The summed E-state index contributed by atoms with van der Waals surface area (Å²) in [6.07, 6.45) is 4.45. The van der Waals surface area contributed by atoms with E-state index in [4.69, 9.17) is 9.69 Å². The van der Waals surface area contributed by atoms with Crippen molar-refractivity contribution in [1.82, 2.24) is 5.32 Å².